The molecule has 0 spiro atoms. The van der Waals surface area contributed by atoms with Crippen LogP contribution in [-0.2, 0) is 6.54 Å². The van der Waals surface area contributed by atoms with Crippen molar-refractivity contribution in [1.82, 2.24) is 10.6 Å². The average molecular weight is 298 g/mol. The largest absolute Gasteiger partial charge is 0.490 e. The molecule has 6 nitrogen and oxygen atoms in total. The number of ether oxygens (including phenoxy) is 2. The van der Waals surface area contributed by atoms with Crippen molar-refractivity contribution in [3.63, 3.8) is 0 Å². The molecule has 6 heteroatoms. The van der Waals surface area contributed by atoms with Crippen molar-refractivity contribution in [3.05, 3.63) is 23.8 Å². The van der Waals surface area contributed by atoms with Gasteiger partial charge in [-0.3, -0.25) is 0 Å². The molecule has 0 radical (unpaired) electrons. The van der Waals surface area contributed by atoms with Gasteiger partial charge in [0.1, 0.15) is 6.61 Å². The van der Waals surface area contributed by atoms with Crippen LogP contribution >= 0.6 is 0 Å². The third kappa shape index (κ3) is 7.29. The van der Waals surface area contributed by atoms with Crippen molar-refractivity contribution >= 4 is 0 Å². The van der Waals surface area contributed by atoms with Gasteiger partial charge in [-0.15, -0.1) is 0 Å². The molecule has 0 amide bonds. The lowest BCUT2D eigenvalue weighted by molar-refractivity contribution is 0.194. The van der Waals surface area contributed by atoms with E-state index in [-0.39, 0.29) is 19.8 Å². The highest BCUT2D eigenvalue weighted by Gasteiger charge is 2.06. The molecule has 0 saturated heterocycles. The van der Waals surface area contributed by atoms with Crippen LogP contribution in [0.15, 0.2) is 18.2 Å². The van der Waals surface area contributed by atoms with Gasteiger partial charge in [-0.2, -0.15) is 0 Å². The molecule has 0 aliphatic rings. The molecule has 0 atom stereocenters. The van der Waals surface area contributed by atoms with Crippen LogP contribution in [0.2, 0.25) is 0 Å². The van der Waals surface area contributed by atoms with Crippen molar-refractivity contribution in [1.29, 1.82) is 0 Å². The standard InChI is InChI=1S/C15H26N2O4/c1-2-20-15-11-13(3-4-14(15)21-10-9-19)12-17-6-5-16-7-8-18/h3-4,11,16-19H,2,5-10,12H2,1H3. The van der Waals surface area contributed by atoms with Gasteiger partial charge in [0.25, 0.3) is 0 Å². The van der Waals surface area contributed by atoms with Crippen LogP contribution in [0.4, 0.5) is 0 Å². The third-order valence-electron chi connectivity index (χ3n) is 2.75. The number of aliphatic hydroxyl groups is 2. The van der Waals surface area contributed by atoms with E-state index >= 15 is 0 Å². The Morgan fingerprint density at radius 2 is 1.76 bits per heavy atom. The predicted octanol–water partition coefficient (Wildman–Crippen LogP) is 0.128. The Hall–Kier alpha value is -1.34. The highest BCUT2D eigenvalue weighted by Crippen LogP contribution is 2.28. The lowest BCUT2D eigenvalue weighted by atomic mass is 10.2. The first kappa shape index (κ1) is 17.7. The summed E-state index contributed by atoms with van der Waals surface area (Å²) in [6, 6.07) is 5.79. The molecule has 21 heavy (non-hydrogen) atoms. The minimum absolute atomic E-state index is 0.0181. The minimum Gasteiger partial charge on any atom is -0.490 e. The molecule has 1 aromatic carbocycles. The lowest BCUT2D eigenvalue weighted by Gasteiger charge is -2.13. The topological polar surface area (TPSA) is 83.0 Å². The Labute approximate surface area is 126 Å². The average Bonchev–Trinajstić information content (AvgIpc) is 2.50. The van der Waals surface area contributed by atoms with Crippen LogP contribution in [-0.4, -0.2) is 56.3 Å². The monoisotopic (exact) mass is 298 g/mol. The zero-order valence-corrected chi connectivity index (χ0v) is 12.6. The second kappa shape index (κ2) is 11.3. The van der Waals surface area contributed by atoms with Gasteiger partial charge in [0, 0.05) is 26.2 Å². The van der Waals surface area contributed by atoms with Gasteiger partial charge in [-0.25, -0.2) is 0 Å². The molecule has 1 aromatic rings. The molecule has 0 saturated carbocycles. The van der Waals surface area contributed by atoms with Gasteiger partial charge in [0.2, 0.25) is 0 Å². The summed E-state index contributed by atoms with van der Waals surface area (Å²) >= 11 is 0. The molecular formula is C15H26N2O4. The van der Waals surface area contributed by atoms with Gasteiger partial charge in [0.15, 0.2) is 11.5 Å². The Balaban J connectivity index is 2.45. The number of rotatable bonds is 12. The van der Waals surface area contributed by atoms with E-state index in [0.717, 1.165) is 25.2 Å². The van der Waals surface area contributed by atoms with Gasteiger partial charge < -0.3 is 30.3 Å². The first-order valence-electron chi connectivity index (χ1n) is 7.33. The Morgan fingerprint density at radius 1 is 0.952 bits per heavy atom. The molecule has 4 N–H and O–H groups in total. The summed E-state index contributed by atoms with van der Waals surface area (Å²) in [5.41, 5.74) is 1.11. The number of benzene rings is 1. The zero-order valence-electron chi connectivity index (χ0n) is 12.6. The van der Waals surface area contributed by atoms with Crippen molar-refractivity contribution in [3.8, 4) is 11.5 Å². The second-order valence-electron chi connectivity index (χ2n) is 4.44. The molecule has 1 rings (SSSR count). The fourth-order valence-electron chi connectivity index (χ4n) is 1.82. The van der Waals surface area contributed by atoms with Gasteiger partial charge in [0.05, 0.1) is 19.8 Å². The maximum Gasteiger partial charge on any atom is 0.161 e. The molecule has 0 heterocycles. The molecular weight excluding hydrogens is 272 g/mol. The van der Waals surface area contributed by atoms with E-state index in [0.29, 0.717) is 24.7 Å². The van der Waals surface area contributed by atoms with E-state index < -0.39 is 0 Å². The van der Waals surface area contributed by atoms with Gasteiger partial charge >= 0.3 is 0 Å². The second-order valence-corrected chi connectivity index (χ2v) is 4.44. The molecule has 0 unspecified atom stereocenters. The highest BCUT2D eigenvalue weighted by atomic mass is 16.5. The Bertz CT molecular complexity index is 388. The number of hydrogen-bond acceptors (Lipinski definition) is 6. The summed E-state index contributed by atoms with van der Waals surface area (Å²) in [6.07, 6.45) is 0. The molecule has 0 aliphatic heterocycles. The van der Waals surface area contributed by atoms with Crippen LogP contribution in [0.25, 0.3) is 0 Å². The maximum absolute atomic E-state index is 8.81. The number of nitrogens with one attached hydrogen (secondary N) is 2. The van der Waals surface area contributed by atoms with Crippen LogP contribution < -0.4 is 20.1 Å². The normalized spacial score (nSPS) is 10.6. The SMILES string of the molecule is CCOc1cc(CNCCNCCO)ccc1OCCO. The number of hydrogen-bond donors (Lipinski definition) is 4. The van der Waals surface area contributed by atoms with E-state index in [4.69, 9.17) is 19.7 Å². The van der Waals surface area contributed by atoms with E-state index in [1.165, 1.54) is 0 Å². The molecule has 0 aliphatic carbocycles. The van der Waals surface area contributed by atoms with Crippen LogP contribution in [0.3, 0.4) is 0 Å². The van der Waals surface area contributed by atoms with E-state index in [2.05, 4.69) is 10.6 Å². The third-order valence-corrected chi connectivity index (χ3v) is 2.75. The van der Waals surface area contributed by atoms with Crippen LogP contribution in [0.5, 0.6) is 11.5 Å². The Kier molecular flexibility index (Phi) is 9.56. The minimum atomic E-state index is -0.0181. The summed E-state index contributed by atoms with van der Waals surface area (Å²) in [7, 11) is 0. The summed E-state index contributed by atoms with van der Waals surface area (Å²) in [6.45, 7) is 5.89. The van der Waals surface area contributed by atoms with Crippen molar-refractivity contribution < 1.29 is 19.7 Å². The predicted molar refractivity (Wildman–Crippen MR) is 81.9 cm³/mol. The van der Waals surface area contributed by atoms with Gasteiger partial charge in [-0.1, -0.05) is 6.07 Å². The summed E-state index contributed by atoms with van der Waals surface area (Å²) < 4.78 is 11.0. The highest BCUT2D eigenvalue weighted by molar-refractivity contribution is 5.43. The number of aliphatic hydroxyl groups excluding tert-OH is 2. The summed E-state index contributed by atoms with van der Waals surface area (Å²) in [5.74, 6) is 1.35. The first-order chi connectivity index (χ1) is 10.3. The Morgan fingerprint density at radius 3 is 2.48 bits per heavy atom. The van der Waals surface area contributed by atoms with Crippen molar-refractivity contribution in [2.24, 2.45) is 0 Å². The molecule has 0 fully saturated rings. The summed E-state index contributed by atoms with van der Waals surface area (Å²) in [4.78, 5) is 0. The first-order valence-corrected chi connectivity index (χ1v) is 7.33. The van der Waals surface area contributed by atoms with Crippen molar-refractivity contribution in [2.45, 2.75) is 13.5 Å². The lowest BCUT2D eigenvalue weighted by Crippen LogP contribution is -2.28. The molecule has 0 aromatic heterocycles. The zero-order chi connectivity index (χ0) is 15.3. The molecule has 0 bridgehead atoms. The fourth-order valence-corrected chi connectivity index (χ4v) is 1.82. The summed E-state index contributed by atoms with van der Waals surface area (Å²) in [5, 5.41) is 23.9. The molecule has 120 valence electrons. The maximum atomic E-state index is 8.81. The fraction of sp³-hybridized carbons (Fsp3) is 0.600. The van der Waals surface area contributed by atoms with E-state index in [1.54, 1.807) is 0 Å². The smallest absolute Gasteiger partial charge is 0.161 e. The van der Waals surface area contributed by atoms with Crippen LogP contribution in [0.1, 0.15) is 12.5 Å². The quantitative estimate of drug-likeness (QED) is 0.411. The van der Waals surface area contributed by atoms with E-state index in [9.17, 15) is 0 Å². The van der Waals surface area contributed by atoms with Crippen LogP contribution in [0, 0.1) is 0 Å². The van der Waals surface area contributed by atoms with Crippen molar-refractivity contribution in [2.75, 3.05) is 46.1 Å². The van der Waals surface area contributed by atoms with E-state index in [1.807, 2.05) is 25.1 Å². The van der Waals surface area contributed by atoms with Gasteiger partial charge in [-0.05, 0) is 24.6 Å².